The van der Waals surface area contributed by atoms with Gasteiger partial charge in [-0.15, -0.1) is 0 Å². The maximum absolute atomic E-state index is 11.0. The molecular weight excluding hydrogens is 194 g/mol. The topological polar surface area (TPSA) is 86.5 Å². The fourth-order valence-corrected chi connectivity index (χ4v) is 1.07. The minimum absolute atomic E-state index is 0.00226. The number of carbonyl (C=O) groups excluding carboxylic acids is 1. The van der Waals surface area contributed by atoms with Crippen LogP contribution in [0.2, 0.25) is 0 Å². The van der Waals surface area contributed by atoms with Crippen molar-refractivity contribution in [3.63, 3.8) is 0 Å². The summed E-state index contributed by atoms with van der Waals surface area (Å²) in [4.78, 5) is 11.0. The van der Waals surface area contributed by atoms with Gasteiger partial charge in [0, 0.05) is 6.42 Å². The van der Waals surface area contributed by atoms with Crippen LogP contribution in [0, 0.1) is 5.92 Å². The van der Waals surface area contributed by atoms with Gasteiger partial charge in [-0.3, -0.25) is 8.98 Å². The summed E-state index contributed by atoms with van der Waals surface area (Å²) in [6, 6.07) is 0. The molecule has 2 N–H and O–H groups in total. The summed E-state index contributed by atoms with van der Waals surface area (Å²) in [5.74, 6) is -0.460. The van der Waals surface area contributed by atoms with Crippen molar-refractivity contribution in [2.24, 2.45) is 11.7 Å². The highest BCUT2D eigenvalue weighted by atomic mass is 32.2. The van der Waals surface area contributed by atoms with Gasteiger partial charge in [-0.1, -0.05) is 13.5 Å². The SMILES string of the molecule is C=C(N)C(=O)CC(C)CO[SH](=O)=O. The number of allylic oxidation sites excluding steroid dienone is 1. The van der Waals surface area contributed by atoms with Gasteiger partial charge in [0.1, 0.15) is 0 Å². The fourth-order valence-electron chi connectivity index (χ4n) is 0.695. The quantitative estimate of drug-likeness (QED) is 0.457. The monoisotopic (exact) mass is 207 g/mol. The highest BCUT2D eigenvalue weighted by Gasteiger charge is 2.10. The van der Waals surface area contributed by atoms with Gasteiger partial charge in [-0.05, 0) is 5.92 Å². The molecule has 1 atom stereocenters. The molecular formula is C7H13NO4S. The summed E-state index contributed by atoms with van der Waals surface area (Å²) in [7, 11) is -2.84. The second-order valence-corrected chi connectivity index (χ2v) is 3.48. The molecule has 5 nitrogen and oxygen atoms in total. The van der Waals surface area contributed by atoms with Crippen LogP contribution >= 0.6 is 0 Å². The Morgan fingerprint density at radius 3 is 2.54 bits per heavy atom. The zero-order valence-electron chi connectivity index (χ0n) is 7.36. The maximum atomic E-state index is 11.0. The number of ketones is 1. The Bertz CT molecular complexity index is 264. The third-order valence-corrected chi connectivity index (χ3v) is 1.72. The lowest BCUT2D eigenvalue weighted by Gasteiger charge is -2.07. The van der Waals surface area contributed by atoms with Crippen LogP contribution in [-0.2, 0) is 20.0 Å². The van der Waals surface area contributed by atoms with Crippen molar-refractivity contribution < 1.29 is 17.4 Å². The van der Waals surface area contributed by atoms with Crippen LogP contribution in [0.3, 0.4) is 0 Å². The van der Waals surface area contributed by atoms with Gasteiger partial charge in [0.15, 0.2) is 5.78 Å². The van der Waals surface area contributed by atoms with Crippen molar-refractivity contribution in [1.82, 2.24) is 0 Å². The molecule has 0 radical (unpaired) electrons. The molecule has 6 heteroatoms. The normalized spacial score (nSPS) is 12.8. The van der Waals surface area contributed by atoms with Crippen LogP contribution in [-0.4, -0.2) is 20.8 Å². The van der Waals surface area contributed by atoms with E-state index in [0.29, 0.717) is 0 Å². The minimum Gasteiger partial charge on any atom is -0.396 e. The molecule has 1 unspecified atom stereocenters. The van der Waals surface area contributed by atoms with E-state index in [0.717, 1.165) is 0 Å². The van der Waals surface area contributed by atoms with Gasteiger partial charge >= 0.3 is 0 Å². The molecule has 0 saturated heterocycles. The van der Waals surface area contributed by atoms with E-state index in [1.165, 1.54) is 0 Å². The Balaban J connectivity index is 3.80. The van der Waals surface area contributed by atoms with Crippen molar-refractivity contribution in [2.45, 2.75) is 13.3 Å². The molecule has 0 bridgehead atoms. The lowest BCUT2D eigenvalue weighted by molar-refractivity contribution is -0.116. The van der Waals surface area contributed by atoms with Crippen LogP contribution < -0.4 is 5.73 Å². The van der Waals surface area contributed by atoms with Crippen LogP contribution in [0.5, 0.6) is 0 Å². The van der Waals surface area contributed by atoms with Crippen LogP contribution in [0.4, 0.5) is 0 Å². The molecule has 0 aromatic heterocycles. The summed E-state index contributed by atoms with van der Waals surface area (Å²) < 4.78 is 24.3. The van der Waals surface area contributed by atoms with Gasteiger partial charge in [-0.2, -0.15) is 0 Å². The van der Waals surface area contributed by atoms with Gasteiger partial charge < -0.3 is 5.73 Å². The highest BCUT2D eigenvalue weighted by molar-refractivity contribution is 7.67. The highest BCUT2D eigenvalue weighted by Crippen LogP contribution is 2.05. The van der Waals surface area contributed by atoms with Crippen molar-refractivity contribution in [3.8, 4) is 0 Å². The van der Waals surface area contributed by atoms with Crippen molar-refractivity contribution in [2.75, 3.05) is 6.61 Å². The fraction of sp³-hybridized carbons (Fsp3) is 0.571. The average Bonchev–Trinajstić information content (AvgIpc) is 2.00. The summed E-state index contributed by atoms with van der Waals surface area (Å²) >= 11 is 0. The molecule has 0 aliphatic rings. The van der Waals surface area contributed by atoms with E-state index in [4.69, 9.17) is 5.73 Å². The summed E-state index contributed by atoms with van der Waals surface area (Å²) in [6.07, 6.45) is 0.151. The predicted molar refractivity (Wildman–Crippen MR) is 48.4 cm³/mol. The number of thiol groups is 1. The van der Waals surface area contributed by atoms with E-state index in [2.05, 4.69) is 10.8 Å². The molecule has 0 rings (SSSR count). The number of hydrogen-bond acceptors (Lipinski definition) is 5. The molecule has 0 saturated carbocycles. The molecule has 0 fully saturated rings. The van der Waals surface area contributed by atoms with Crippen molar-refractivity contribution in [1.29, 1.82) is 0 Å². The minimum atomic E-state index is -2.84. The second kappa shape index (κ2) is 5.71. The van der Waals surface area contributed by atoms with Gasteiger partial charge in [-0.25, -0.2) is 8.42 Å². The first-order valence-corrected chi connectivity index (χ1v) is 4.78. The van der Waals surface area contributed by atoms with E-state index in [-0.39, 0.29) is 30.4 Å². The summed E-state index contributed by atoms with van der Waals surface area (Å²) in [5.41, 5.74) is 5.12. The van der Waals surface area contributed by atoms with Crippen molar-refractivity contribution in [3.05, 3.63) is 12.3 Å². The van der Waals surface area contributed by atoms with E-state index < -0.39 is 11.0 Å². The zero-order chi connectivity index (χ0) is 10.4. The van der Waals surface area contributed by atoms with Gasteiger partial charge in [0.25, 0.3) is 11.0 Å². The van der Waals surface area contributed by atoms with Crippen LogP contribution in [0.15, 0.2) is 12.3 Å². The summed E-state index contributed by atoms with van der Waals surface area (Å²) in [5, 5.41) is 0. The number of nitrogens with two attached hydrogens (primary N) is 1. The molecule has 0 spiro atoms. The number of carbonyl (C=O) groups is 1. The van der Waals surface area contributed by atoms with Gasteiger partial charge in [0.05, 0.1) is 12.3 Å². The molecule has 0 aromatic carbocycles. The number of rotatable bonds is 6. The summed E-state index contributed by atoms with van der Waals surface area (Å²) in [6.45, 7) is 4.96. The lowest BCUT2D eigenvalue weighted by Crippen LogP contribution is -2.16. The Labute approximate surface area is 78.7 Å². The Kier molecular flexibility index (Phi) is 5.33. The van der Waals surface area contributed by atoms with E-state index in [1.54, 1.807) is 6.92 Å². The number of Topliss-reactive ketones (excluding diaryl/α,β-unsaturated/α-hetero) is 1. The third kappa shape index (κ3) is 6.30. The molecule has 0 amide bonds. The zero-order valence-corrected chi connectivity index (χ0v) is 8.25. The Hall–Kier alpha value is -0.880. The van der Waals surface area contributed by atoms with Crippen LogP contribution in [0.1, 0.15) is 13.3 Å². The van der Waals surface area contributed by atoms with Crippen molar-refractivity contribution >= 4 is 16.8 Å². The first-order valence-electron chi connectivity index (χ1n) is 3.68. The van der Waals surface area contributed by atoms with Gasteiger partial charge in [0.2, 0.25) is 0 Å². The number of hydrogen-bond donors (Lipinski definition) is 2. The first kappa shape index (κ1) is 12.1. The standard InChI is InChI=1S/C7H13NO4S/c1-5(4-12-13(10)11)3-7(9)6(2)8/h5,13H,2-4,8H2,1H3. The van der Waals surface area contributed by atoms with E-state index in [9.17, 15) is 13.2 Å². The smallest absolute Gasteiger partial charge is 0.257 e. The average molecular weight is 207 g/mol. The third-order valence-electron chi connectivity index (χ3n) is 1.36. The lowest BCUT2D eigenvalue weighted by atomic mass is 10.1. The molecule has 76 valence electrons. The molecule has 0 heterocycles. The molecule has 0 aliphatic heterocycles. The second-order valence-electron chi connectivity index (χ2n) is 2.78. The van der Waals surface area contributed by atoms with E-state index in [1.807, 2.05) is 0 Å². The Morgan fingerprint density at radius 1 is 1.62 bits per heavy atom. The molecule has 0 aliphatic carbocycles. The maximum Gasteiger partial charge on any atom is 0.257 e. The van der Waals surface area contributed by atoms with E-state index >= 15 is 0 Å². The molecule has 13 heavy (non-hydrogen) atoms. The van der Waals surface area contributed by atoms with Crippen LogP contribution in [0.25, 0.3) is 0 Å². The largest absolute Gasteiger partial charge is 0.396 e. The molecule has 0 aromatic rings. The Morgan fingerprint density at radius 2 is 2.15 bits per heavy atom. The predicted octanol–water partition coefficient (Wildman–Crippen LogP) is -0.403. The first-order chi connectivity index (χ1) is 5.93.